The van der Waals surface area contributed by atoms with Gasteiger partial charge in [-0.25, -0.2) is 4.98 Å². The van der Waals surface area contributed by atoms with Gasteiger partial charge in [0.05, 0.1) is 22.5 Å². The van der Waals surface area contributed by atoms with Crippen LogP contribution in [0.15, 0.2) is 79.0 Å². The van der Waals surface area contributed by atoms with E-state index in [-0.39, 0.29) is 5.69 Å². The maximum absolute atomic E-state index is 10.8. The summed E-state index contributed by atoms with van der Waals surface area (Å²) in [6.07, 6.45) is 1.85. The van der Waals surface area contributed by atoms with E-state index < -0.39 is 4.92 Å². The highest BCUT2D eigenvalue weighted by molar-refractivity contribution is 5.72. The minimum atomic E-state index is -0.392. The van der Waals surface area contributed by atoms with Crippen molar-refractivity contribution in [3.63, 3.8) is 0 Å². The monoisotopic (exact) mass is 315 g/mol. The summed E-state index contributed by atoms with van der Waals surface area (Å²) in [6, 6.07) is 22.5. The van der Waals surface area contributed by atoms with Crippen molar-refractivity contribution in [1.29, 1.82) is 0 Å². The number of benzene rings is 2. The van der Waals surface area contributed by atoms with Crippen LogP contribution in [0.3, 0.4) is 0 Å². The van der Waals surface area contributed by atoms with Gasteiger partial charge >= 0.3 is 0 Å². The van der Waals surface area contributed by atoms with Gasteiger partial charge in [0.15, 0.2) is 0 Å². The third-order valence-electron chi connectivity index (χ3n) is 3.97. The number of nitro benzene ring substituents is 1. The Hall–Kier alpha value is -3.47. The van der Waals surface area contributed by atoms with Crippen molar-refractivity contribution >= 4 is 11.3 Å². The van der Waals surface area contributed by atoms with Crippen LogP contribution < -0.4 is 0 Å². The molecule has 0 saturated carbocycles. The van der Waals surface area contributed by atoms with Gasteiger partial charge in [0, 0.05) is 17.7 Å². The lowest BCUT2D eigenvalue weighted by molar-refractivity contribution is -0.384. The van der Waals surface area contributed by atoms with Gasteiger partial charge in [0.1, 0.15) is 5.65 Å². The Morgan fingerprint density at radius 3 is 2.21 bits per heavy atom. The van der Waals surface area contributed by atoms with Gasteiger partial charge in [0.25, 0.3) is 5.69 Å². The molecule has 0 aliphatic rings. The summed E-state index contributed by atoms with van der Waals surface area (Å²) >= 11 is 0. The first kappa shape index (κ1) is 14.1. The molecule has 0 unspecified atom stereocenters. The zero-order chi connectivity index (χ0) is 16.5. The summed E-state index contributed by atoms with van der Waals surface area (Å²) in [4.78, 5) is 14.9. The van der Waals surface area contributed by atoms with Crippen LogP contribution in [0, 0.1) is 10.1 Å². The van der Waals surface area contributed by atoms with Crippen LogP contribution in [0.4, 0.5) is 5.69 Å². The number of pyridine rings is 1. The van der Waals surface area contributed by atoms with E-state index in [0.29, 0.717) is 0 Å². The number of nitrogens with zero attached hydrogens (tertiary/aromatic N) is 3. The van der Waals surface area contributed by atoms with Gasteiger partial charge in [-0.05, 0) is 29.8 Å². The topological polar surface area (TPSA) is 60.4 Å². The van der Waals surface area contributed by atoms with Gasteiger partial charge in [-0.3, -0.25) is 14.5 Å². The summed E-state index contributed by atoms with van der Waals surface area (Å²) in [5, 5.41) is 10.8. The van der Waals surface area contributed by atoms with Gasteiger partial charge in [-0.2, -0.15) is 0 Å². The molecule has 5 heteroatoms. The Morgan fingerprint density at radius 1 is 0.792 bits per heavy atom. The molecule has 2 aromatic heterocycles. The predicted molar refractivity (Wildman–Crippen MR) is 92.7 cm³/mol. The molecule has 2 heterocycles. The Kier molecular flexibility index (Phi) is 3.31. The number of hydrogen-bond donors (Lipinski definition) is 0. The minimum Gasteiger partial charge on any atom is -0.292 e. The van der Waals surface area contributed by atoms with Crippen LogP contribution in [-0.2, 0) is 0 Å². The molecule has 0 bridgehead atoms. The SMILES string of the molecule is O=[N+]([O-])c1ccc(-c2cccc3ncc(-c4ccccc4)n23)cc1. The number of fused-ring (bicyclic) bond motifs is 1. The second-order valence-electron chi connectivity index (χ2n) is 5.42. The van der Waals surface area contributed by atoms with E-state index in [4.69, 9.17) is 0 Å². The average molecular weight is 315 g/mol. The summed E-state index contributed by atoms with van der Waals surface area (Å²) in [7, 11) is 0. The third kappa shape index (κ3) is 2.32. The lowest BCUT2D eigenvalue weighted by atomic mass is 10.1. The quantitative estimate of drug-likeness (QED) is 0.411. The van der Waals surface area contributed by atoms with Gasteiger partial charge in [0.2, 0.25) is 0 Å². The summed E-state index contributed by atoms with van der Waals surface area (Å²) in [6.45, 7) is 0. The van der Waals surface area contributed by atoms with Crippen molar-refractivity contribution < 1.29 is 4.92 Å². The lowest BCUT2D eigenvalue weighted by Crippen LogP contribution is -1.95. The molecular weight excluding hydrogens is 302 g/mol. The van der Waals surface area contributed by atoms with Crippen molar-refractivity contribution in [3.05, 3.63) is 89.1 Å². The first-order valence-electron chi connectivity index (χ1n) is 7.51. The Labute approximate surface area is 138 Å². The maximum Gasteiger partial charge on any atom is 0.269 e. The average Bonchev–Trinajstić information content (AvgIpc) is 3.07. The molecule has 0 aliphatic heterocycles. The van der Waals surface area contributed by atoms with Crippen LogP contribution in [0.1, 0.15) is 0 Å². The van der Waals surface area contributed by atoms with Gasteiger partial charge < -0.3 is 0 Å². The molecule has 116 valence electrons. The fourth-order valence-electron chi connectivity index (χ4n) is 2.83. The fourth-order valence-corrected chi connectivity index (χ4v) is 2.83. The Morgan fingerprint density at radius 2 is 1.50 bits per heavy atom. The Balaban J connectivity index is 1.93. The van der Waals surface area contributed by atoms with E-state index in [0.717, 1.165) is 28.2 Å². The molecule has 5 nitrogen and oxygen atoms in total. The first-order valence-corrected chi connectivity index (χ1v) is 7.51. The highest BCUT2D eigenvalue weighted by Crippen LogP contribution is 2.28. The normalized spacial score (nSPS) is 10.8. The van der Waals surface area contributed by atoms with Crippen LogP contribution in [-0.4, -0.2) is 14.3 Å². The van der Waals surface area contributed by atoms with E-state index in [1.807, 2.05) is 54.7 Å². The smallest absolute Gasteiger partial charge is 0.269 e. The minimum absolute atomic E-state index is 0.0832. The number of rotatable bonds is 3. The highest BCUT2D eigenvalue weighted by atomic mass is 16.6. The molecule has 0 N–H and O–H groups in total. The molecule has 0 fully saturated rings. The molecule has 4 rings (SSSR count). The largest absolute Gasteiger partial charge is 0.292 e. The van der Waals surface area contributed by atoms with Crippen LogP contribution in [0.5, 0.6) is 0 Å². The summed E-state index contributed by atoms with van der Waals surface area (Å²) in [5.41, 5.74) is 4.82. The molecule has 24 heavy (non-hydrogen) atoms. The van der Waals surface area contributed by atoms with Crippen molar-refractivity contribution in [1.82, 2.24) is 9.38 Å². The predicted octanol–water partition coefficient (Wildman–Crippen LogP) is 4.58. The number of aromatic nitrogens is 2. The molecule has 0 saturated heterocycles. The van der Waals surface area contributed by atoms with Crippen molar-refractivity contribution in [2.75, 3.05) is 0 Å². The van der Waals surface area contributed by atoms with Crippen LogP contribution in [0.2, 0.25) is 0 Å². The third-order valence-corrected chi connectivity index (χ3v) is 3.97. The van der Waals surface area contributed by atoms with Crippen LogP contribution in [0.25, 0.3) is 28.2 Å². The summed E-state index contributed by atoms with van der Waals surface area (Å²) < 4.78 is 2.07. The number of imidazole rings is 1. The molecule has 0 radical (unpaired) electrons. The molecule has 2 aromatic carbocycles. The number of nitro groups is 1. The van der Waals surface area contributed by atoms with E-state index in [1.165, 1.54) is 12.1 Å². The highest BCUT2D eigenvalue weighted by Gasteiger charge is 2.12. The molecular formula is C19H13N3O2. The zero-order valence-electron chi connectivity index (χ0n) is 12.7. The van der Waals surface area contributed by atoms with Gasteiger partial charge in [-0.1, -0.05) is 36.4 Å². The number of non-ortho nitro benzene ring substituents is 1. The van der Waals surface area contributed by atoms with Crippen molar-refractivity contribution in [3.8, 4) is 22.5 Å². The van der Waals surface area contributed by atoms with E-state index >= 15 is 0 Å². The second kappa shape index (κ2) is 5.62. The van der Waals surface area contributed by atoms with Gasteiger partial charge in [-0.15, -0.1) is 0 Å². The first-order chi connectivity index (χ1) is 11.7. The van der Waals surface area contributed by atoms with Crippen molar-refractivity contribution in [2.45, 2.75) is 0 Å². The second-order valence-corrected chi connectivity index (χ2v) is 5.42. The molecule has 4 aromatic rings. The standard InChI is InChI=1S/C19H13N3O2/c23-22(24)16-11-9-15(10-12-16)17-7-4-8-19-20-13-18(21(17)19)14-5-2-1-3-6-14/h1-13H. The molecule has 0 atom stereocenters. The van der Waals surface area contributed by atoms with E-state index in [1.54, 1.807) is 12.1 Å². The zero-order valence-corrected chi connectivity index (χ0v) is 12.7. The van der Waals surface area contributed by atoms with E-state index in [9.17, 15) is 10.1 Å². The van der Waals surface area contributed by atoms with Crippen LogP contribution >= 0.6 is 0 Å². The number of hydrogen-bond acceptors (Lipinski definition) is 3. The fraction of sp³-hybridized carbons (Fsp3) is 0. The maximum atomic E-state index is 10.8. The molecule has 0 spiro atoms. The molecule has 0 aliphatic carbocycles. The Bertz CT molecular complexity index is 1020. The lowest BCUT2D eigenvalue weighted by Gasteiger charge is -2.09. The summed E-state index contributed by atoms with van der Waals surface area (Å²) in [5.74, 6) is 0. The molecule has 0 amide bonds. The van der Waals surface area contributed by atoms with Crippen molar-refractivity contribution in [2.24, 2.45) is 0 Å². The van der Waals surface area contributed by atoms with E-state index in [2.05, 4.69) is 9.38 Å².